The molecule has 0 atom stereocenters. The van der Waals surface area contributed by atoms with Crippen molar-refractivity contribution in [2.24, 2.45) is 5.41 Å². The molecule has 0 aliphatic carbocycles. The molecule has 0 saturated heterocycles. The summed E-state index contributed by atoms with van der Waals surface area (Å²) in [5.74, 6) is -0.0136. The molecule has 2 N–H and O–H groups in total. The van der Waals surface area contributed by atoms with E-state index < -0.39 is 5.41 Å². The molecule has 0 fully saturated rings. The molecule has 4 nitrogen and oxygen atoms in total. The second-order valence-corrected chi connectivity index (χ2v) is 6.10. The molecule has 1 amide bonds. The van der Waals surface area contributed by atoms with Crippen LogP contribution in [0.5, 0.6) is 0 Å². The molecule has 0 unspecified atom stereocenters. The molecule has 2 aromatic carbocycles. The molecular formula is C18H19N3O. The van der Waals surface area contributed by atoms with Crippen molar-refractivity contribution in [3.63, 3.8) is 0 Å². The monoisotopic (exact) mass is 293 g/mol. The molecule has 0 radical (unpaired) electrons. The Morgan fingerprint density at radius 2 is 1.36 bits per heavy atom. The minimum atomic E-state index is -0.417. The summed E-state index contributed by atoms with van der Waals surface area (Å²) >= 11 is 0. The van der Waals surface area contributed by atoms with Crippen LogP contribution in [0.3, 0.4) is 0 Å². The maximum Gasteiger partial charge on any atom is 0.229 e. The number of nitrogens with zero attached hydrogens (tertiary/aromatic N) is 1. The Balaban J connectivity index is 2.02. The number of carbonyl (C=O) groups is 1. The first-order chi connectivity index (χ1) is 10.4. The van der Waals surface area contributed by atoms with Crippen LogP contribution in [-0.2, 0) is 4.79 Å². The van der Waals surface area contributed by atoms with E-state index in [9.17, 15) is 4.79 Å². The summed E-state index contributed by atoms with van der Waals surface area (Å²) in [6.07, 6.45) is 0. The smallest absolute Gasteiger partial charge is 0.229 e. The number of nitriles is 1. The molecule has 0 aromatic heterocycles. The fourth-order valence-corrected chi connectivity index (χ4v) is 1.75. The number of hydrogen-bond acceptors (Lipinski definition) is 3. The Labute approximate surface area is 130 Å². The van der Waals surface area contributed by atoms with Crippen molar-refractivity contribution < 1.29 is 4.79 Å². The van der Waals surface area contributed by atoms with Gasteiger partial charge in [-0.25, -0.2) is 0 Å². The third-order valence-electron chi connectivity index (χ3n) is 3.13. The predicted molar refractivity (Wildman–Crippen MR) is 89.0 cm³/mol. The lowest BCUT2D eigenvalue weighted by Crippen LogP contribution is -2.27. The van der Waals surface area contributed by atoms with Crippen LogP contribution < -0.4 is 10.6 Å². The number of carbonyl (C=O) groups excluding carboxylic acids is 1. The first-order valence-corrected chi connectivity index (χ1v) is 7.07. The second-order valence-electron chi connectivity index (χ2n) is 6.10. The summed E-state index contributed by atoms with van der Waals surface area (Å²) in [5, 5.41) is 14.9. The van der Waals surface area contributed by atoms with E-state index in [1.807, 2.05) is 57.2 Å². The van der Waals surface area contributed by atoms with Gasteiger partial charge >= 0.3 is 0 Å². The van der Waals surface area contributed by atoms with E-state index in [0.29, 0.717) is 5.56 Å². The van der Waals surface area contributed by atoms with Crippen LogP contribution >= 0.6 is 0 Å². The summed E-state index contributed by atoms with van der Waals surface area (Å²) in [5.41, 5.74) is 2.81. The zero-order chi connectivity index (χ0) is 16.2. The second kappa shape index (κ2) is 6.31. The zero-order valence-electron chi connectivity index (χ0n) is 13.0. The molecule has 22 heavy (non-hydrogen) atoms. The summed E-state index contributed by atoms with van der Waals surface area (Å²) in [7, 11) is 0. The van der Waals surface area contributed by atoms with E-state index >= 15 is 0 Å². The molecule has 2 aromatic rings. The average molecular weight is 293 g/mol. The van der Waals surface area contributed by atoms with E-state index in [-0.39, 0.29) is 5.91 Å². The lowest BCUT2D eigenvalue weighted by molar-refractivity contribution is -0.123. The van der Waals surface area contributed by atoms with Crippen molar-refractivity contribution in [2.75, 3.05) is 10.6 Å². The van der Waals surface area contributed by atoms with Gasteiger partial charge < -0.3 is 10.6 Å². The van der Waals surface area contributed by atoms with Crippen molar-refractivity contribution in [3.8, 4) is 6.07 Å². The highest BCUT2D eigenvalue weighted by molar-refractivity contribution is 5.94. The molecule has 0 saturated carbocycles. The van der Waals surface area contributed by atoms with Gasteiger partial charge in [0.1, 0.15) is 0 Å². The number of amides is 1. The summed E-state index contributed by atoms with van der Waals surface area (Å²) < 4.78 is 0. The highest BCUT2D eigenvalue weighted by Crippen LogP contribution is 2.21. The number of nitrogens with one attached hydrogen (secondary N) is 2. The van der Waals surface area contributed by atoms with Gasteiger partial charge in [0.25, 0.3) is 0 Å². The standard InChI is InChI=1S/C18H19N3O/c1-18(2,3)17(22)21-16-10-8-15(9-11-16)20-14-6-4-13(12-19)5-7-14/h4-11,20H,1-3H3,(H,21,22). The number of hydrogen-bond donors (Lipinski definition) is 2. The van der Waals surface area contributed by atoms with Gasteiger partial charge in [-0.2, -0.15) is 5.26 Å². The van der Waals surface area contributed by atoms with Crippen LogP contribution in [0.4, 0.5) is 17.1 Å². The van der Waals surface area contributed by atoms with Gasteiger partial charge in [0.2, 0.25) is 5.91 Å². The first kappa shape index (κ1) is 15.6. The van der Waals surface area contributed by atoms with E-state index in [1.165, 1.54) is 0 Å². The zero-order valence-corrected chi connectivity index (χ0v) is 13.0. The normalized spacial score (nSPS) is 10.6. The van der Waals surface area contributed by atoms with Crippen LogP contribution in [0, 0.1) is 16.7 Å². The van der Waals surface area contributed by atoms with Gasteiger partial charge in [-0.3, -0.25) is 4.79 Å². The van der Waals surface area contributed by atoms with E-state index in [1.54, 1.807) is 12.1 Å². The lowest BCUT2D eigenvalue weighted by Gasteiger charge is -2.17. The van der Waals surface area contributed by atoms with Crippen molar-refractivity contribution in [3.05, 3.63) is 54.1 Å². The predicted octanol–water partition coefficient (Wildman–Crippen LogP) is 4.29. The number of benzene rings is 2. The van der Waals surface area contributed by atoms with Crippen LogP contribution in [-0.4, -0.2) is 5.91 Å². The van der Waals surface area contributed by atoms with E-state index in [2.05, 4.69) is 16.7 Å². The molecular weight excluding hydrogens is 274 g/mol. The van der Waals surface area contributed by atoms with Gasteiger partial charge in [0, 0.05) is 22.5 Å². The molecule has 0 heterocycles. The Kier molecular flexibility index (Phi) is 4.47. The molecule has 4 heteroatoms. The maximum absolute atomic E-state index is 11.9. The molecule has 0 bridgehead atoms. The van der Waals surface area contributed by atoms with Gasteiger partial charge in [-0.05, 0) is 48.5 Å². The largest absolute Gasteiger partial charge is 0.356 e. The average Bonchev–Trinajstić information content (AvgIpc) is 2.49. The topological polar surface area (TPSA) is 64.9 Å². The fourth-order valence-electron chi connectivity index (χ4n) is 1.75. The third kappa shape index (κ3) is 4.10. The SMILES string of the molecule is CC(C)(C)C(=O)Nc1ccc(Nc2ccc(C#N)cc2)cc1. The van der Waals surface area contributed by atoms with Crippen molar-refractivity contribution in [1.29, 1.82) is 5.26 Å². The van der Waals surface area contributed by atoms with Crippen LogP contribution in [0.2, 0.25) is 0 Å². The van der Waals surface area contributed by atoms with Crippen molar-refractivity contribution in [2.45, 2.75) is 20.8 Å². The Bertz CT molecular complexity index is 689. The summed E-state index contributed by atoms with van der Waals surface area (Å²) in [4.78, 5) is 11.9. The van der Waals surface area contributed by atoms with Crippen LogP contribution in [0.15, 0.2) is 48.5 Å². The molecule has 2 rings (SSSR count). The van der Waals surface area contributed by atoms with Crippen molar-refractivity contribution in [1.82, 2.24) is 0 Å². The minimum absolute atomic E-state index is 0.0136. The fraction of sp³-hybridized carbons (Fsp3) is 0.222. The van der Waals surface area contributed by atoms with Crippen molar-refractivity contribution >= 4 is 23.0 Å². The highest BCUT2D eigenvalue weighted by Gasteiger charge is 2.20. The van der Waals surface area contributed by atoms with Gasteiger partial charge in [0.15, 0.2) is 0 Å². The van der Waals surface area contributed by atoms with Gasteiger partial charge in [0.05, 0.1) is 11.6 Å². The summed E-state index contributed by atoms with van der Waals surface area (Å²) in [6, 6.07) is 16.8. The van der Waals surface area contributed by atoms with E-state index in [4.69, 9.17) is 5.26 Å². The number of anilines is 3. The third-order valence-corrected chi connectivity index (χ3v) is 3.13. The Morgan fingerprint density at radius 1 is 0.909 bits per heavy atom. The molecule has 0 aliphatic rings. The molecule has 0 aliphatic heterocycles. The molecule has 112 valence electrons. The van der Waals surface area contributed by atoms with Crippen LogP contribution in [0.25, 0.3) is 0 Å². The van der Waals surface area contributed by atoms with E-state index in [0.717, 1.165) is 17.1 Å². The Hall–Kier alpha value is -2.80. The Morgan fingerprint density at radius 3 is 1.82 bits per heavy atom. The first-order valence-electron chi connectivity index (χ1n) is 7.07. The van der Waals surface area contributed by atoms with Crippen LogP contribution in [0.1, 0.15) is 26.3 Å². The maximum atomic E-state index is 11.9. The lowest BCUT2D eigenvalue weighted by atomic mass is 9.95. The summed E-state index contributed by atoms with van der Waals surface area (Å²) in [6.45, 7) is 5.63. The quantitative estimate of drug-likeness (QED) is 0.887. The minimum Gasteiger partial charge on any atom is -0.356 e. The number of rotatable bonds is 3. The van der Waals surface area contributed by atoms with Gasteiger partial charge in [-0.15, -0.1) is 0 Å². The molecule has 0 spiro atoms. The van der Waals surface area contributed by atoms with Gasteiger partial charge in [-0.1, -0.05) is 20.8 Å². The highest BCUT2D eigenvalue weighted by atomic mass is 16.2.